The van der Waals surface area contributed by atoms with E-state index in [2.05, 4.69) is 10.3 Å². The summed E-state index contributed by atoms with van der Waals surface area (Å²) in [6, 6.07) is 12.3. The number of rotatable bonds is 5. The molecule has 2 aromatic rings. The van der Waals surface area contributed by atoms with Crippen LogP contribution in [0.25, 0.3) is 0 Å². The lowest BCUT2D eigenvalue weighted by atomic mass is 10.2. The number of pyridine rings is 1. The fourth-order valence-corrected chi connectivity index (χ4v) is 2.94. The summed E-state index contributed by atoms with van der Waals surface area (Å²) < 4.78 is 5.72. The average Bonchev–Trinajstić information content (AvgIpc) is 2.68. The molecule has 0 radical (unpaired) electrons. The molecule has 0 unspecified atom stereocenters. The summed E-state index contributed by atoms with van der Waals surface area (Å²) in [7, 11) is 1.75. The molecule has 1 fully saturated rings. The maximum absolute atomic E-state index is 12.4. The van der Waals surface area contributed by atoms with Crippen molar-refractivity contribution in [3.8, 4) is 5.75 Å². The predicted octanol–water partition coefficient (Wildman–Crippen LogP) is 2.40. The largest absolute Gasteiger partial charge is 0.493 e. The summed E-state index contributed by atoms with van der Waals surface area (Å²) in [5.41, 5.74) is 1.65. The summed E-state index contributed by atoms with van der Waals surface area (Å²) in [6.45, 7) is 3.34. The maximum atomic E-state index is 12.4. The van der Waals surface area contributed by atoms with Crippen molar-refractivity contribution >= 4 is 17.6 Å². The third-order valence-electron chi connectivity index (χ3n) is 4.60. The van der Waals surface area contributed by atoms with Gasteiger partial charge in [-0.1, -0.05) is 6.07 Å². The molecule has 1 atom stereocenters. The van der Waals surface area contributed by atoms with Crippen LogP contribution in [0, 0.1) is 0 Å². The minimum Gasteiger partial charge on any atom is -0.493 e. The molecule has 7 nitrogen and oxygen atoms in total. The Hall–Kier alpha value is -3.09. The molecule has 1 saturated heterocycles. The van der Waals surface area contributed by atoms with Gasteiger partial charge in [-0.05, 0) is 43.3 Å². The molecule has 1 aliphatic heterocycles. The summed E-state index contributed by atoms with van der Waals surface area (Å²) in [6.07, 6.45) is 2.50. The summed E-state index contributed by atoms with van der Waals surface area (Å²) >= 11 is 0. The van der Waals surface area contributed by atoms with E-state index >= 15 is 0 Å². The number of nitrogens with zero attached hydrogens (tertiary/aromatic N) is 3. The lowest BCUT2D eigenvalue weighted by Gasteiger charge is -2.37. The van der Waals surface area contributed by atoms with Gasteiger partial charge < -0.3 is 19.9 Å². The normalized spacial score (nSPS) is 17.0. The number of urea groups is 1. The van der Waals surface area contributed by atoms with E-state index in [1.165, 1.54) is 0 Å². The van der Waals surface area contributed by atoms with Gasteiger partial charge in [-0.2, -0.15) is 0 Å². The Labute approximate surface area is 158 Å². The van der Waals surface area contributed by atoms with E-state index in [0.717, 1.165) is 17.9 Å². The molecule has 1 aliphatic rings. The molecule has 2 heterocycles. The summed E-state index contributed by atoms with van der Waals surface area (Å²) in [5.74, 6) is 0.681. The highest BCUT2D eigenvalue weighted by Gasteiger charge is 2.32. The van der Waals surface area contributed by atoms with Gasteiger partial charge in [0.15, 0.2) is 0 Å². The Morgan fingerprint density at radius 3 is 2.70 bits per heavy atom. The average molecular weight is 368 g/mol. The van der Waals surface area contributed by atoms with E-state index < -0.39 is 6.04 Å². The highest BCUT2D eigenvalue weighted by molar-refractivity contribution is 5.94. The van der Waals surface area contributed by atoms with Crippen molar-refractivity contribution in [1.82, 2.24) is 14.8 Å². The maximum Gasteiger partial charge on any atom is 0.322 e. The lowest BCUT2D eigenvalue weighted by Crippen LogP contribution is -2.57. The molecule has 142 valence electrons. The Morgan fingerprint density at radius 2 is 2.00 bits per heavy atom. The molecule has 7 heteroatoms. The second-order valence-corrected chi connectivity index (χ2v) is 6.50. The van der Waals surface area contributed by atoms with E-state index in [1.54, 1.807) is 42.1 Å². The van der Waals surface area contributed by atoms with Crippen LogP contribution in [0.3, 0.4) is 0 Å². The van der Waals surface area contributed by atoms with Crippen LogP contribution in [0.4, 0.5) is 10.5 Å². The quantitative estimate of drug-likeness (QED) is 0.879. The van der Waals surface area contributed by atoms with Gasteiger partial charge in [0.1, 0.15) is 11.8 Å². The molecule has 0 bridgehead atoms. The molecule has 1 aromatic carbocycles. The highest BCUT2D eigenvalue weighted by atomic mass is 16.5. The van der Waals surface area contributed by atoms with Crippen molar-refractivity contribution in [3.05, 3.63) is 54.4 Å². The molecule has 1 N–H and O–H groups in total. The van der Waals surface area contributed by atoms with Crippen molar-refractivity contribution in [2.75, 3.05) is 32.1 Å². The zero-order chi connectivity index (χ0) is 19.2. The van der Waals surface area contributed by atoms with Crippen molar-refractivity contribution < 1.29 is 14.3 Å². The Bertz CT molecular complexity index is 780. The van der Waals surface area contributed by atoms with Crippen LogP contribution < -0.4 is 10.1 Å². The number of hydrogen-bond acceptors (Lipinski definition) is 4. The van der Waals surface area contributed by atoms with Crippen molar-refractivity contribution in [3.63, 3.8) is 0 Å². The number of benzene rings is 1. The zero-order valence-electron chi connectivity index (χ0n) is 15.6. The number of ether oxygens (including phenoxy) is 1. The number of aromatic nitrogens is 1. The van der Waals surface area contributed by atoms with E-state index in [4.69, 9.17) is 4.74 Å². The number of anilines is 1. The second kappa shape index (κ2) is 8.53. The van der Waals surface area contributed by atoms with Crippen LogP contribution in [0.15, 0.2) is 48.7 Å². The molecule has 0 saturated carbocycles. The molecule has 0 spiro atoms. The first-order valence-corrected chi connectivity index (χ1v) is 9.00. The van der Waals surface area contributed by atoms with Gasteiger partial charge in [0, 0.05) is 44.1 Å². The number of carbonyl (C=O) groups is 2. The molecule has 27 heavy (non-hydrogen) atoms. The molecule has 1 aromatic heterocycles. The first-order valence-electron chi connectivity index (χ1n) is 9.00. The molecular weight excluding hydrogens is 344 g/mol. The molecule has 3 amide bonds. The van der Waals surface area contributed by atoms with Crippen molar-refractivity contribution in [1.29, 1.82) is 0 Å². The van der Waals surface area contributed by atoms with Crippen LogP contribution in [0.5, 0.6) is 5.75 Å². The zero-order valence-corrected chi connectivity index (χ0v) is 15.6. The van der Waals surface area contributed by atoms with Gasteiger partial charge >= 0.3 is 6.03 Å². The van der Waals surface area contributed by atoms with Crippen LogP contribution in [0.1, 0.15) is 12.6 Å². The number of piperazine rings is 1. The van der Waals surface area contributed by atoms with E-state index in [-0.39, 0.29) is 11.9 Å². The minimum atomic E-state index is -0.460. The van der Waals surface area contributed by atoms with Gasteiger partial charge in [-0.15, -0.1) is 0 Å². The standard InChI is InChI=1S/C20H24N4O3/c1-15-19(25)23(2)12-13-24(15)20(26)22-17-6-8-18(9-7-17)27-14-10-16-5-3-4-11-21-16/h3-9,11,15H,10,12-14H2,1-2H3,(H,22,26)/t15-/m1/s1. The van der Waals surface area contributed by atoms with E-state index in [0.29, 0.717) is 25.4 Å². The SMILES string of the molecule is C[C@@H]1C(=O)N(C)CCN1C(=O)Nc1ccc(OCCc2ccccn2)cc1. The van der Waals surface area contributed by atoms with Gasteiger partial charge in [-0.3, -0.25) is 9.78 Å². The molecular formula is C20H24N4O3. The minimum absolute atomic E-state index is 0.0481. The van der Waals surface area contributed by atoms with Gasteiger partial charge in [0.05, 0.1) is 6.61 Å². The summed E-state index contributed by atoms with van der Waals surface area (Å²) in [4.78, 5) is 31.9. The number of hydrogen-bond donors (Lipinski definition) is 1. The fourth-order valence-electron chi connectivity index (χ4n) is 2.94. The highest BCUT2D eigenvalue weighted by Crippen LogP contribution is 2.18. The Balaban J connectivity index is 1.50. The number of nitrogens with one attached hydrogen (secondary N) is 1. The first kappa shape index (κ1) is 18.7. The van der Waals surface area contributed by atoms with Crippen LogP contribution >= 0.6 is 0 Å². The number of carbonyl (C=O) groups excluding carboxylic acids is 2. The van der Waals surface area contributed by atoms with Gasteiger partial charge in [0.25, 0.3) is 0 Å². The lowest BCUT2D eigenvalue weighted by molar-refractivity contribution is -0.137. The molecule has 0 aliphatic carbocycles. The summed E-state index contributed by atoms with van der Waals surface area (Å²) in [5, 5.41) is 2.84. The van der Waals surface area contributed by atoms with E-state index in [9.17, 15) is 9.59 Å². The Kier molecular flexibility index (Phi) is 5.90. The van der Waals surface area contributed by atoms with Gasteiger partial charge in [0.2, 0.25) is 5.91 Å². The monoisotopic (exact) mass is 368 g/mol. The van der Waals surface area contributed by atoms with Gasteiger partial charge in [-0.25, -0.2) is 4.79 Å². The number of likely N-dealkylation sites (N-methyl/N-ethyl adjacent to an activating group) is 1. The second-order valence-electron chi connectivity index (χ2n) is 6.50. The smallest absolute Gasteiger partial charge is 0.322 e. The third kappa shape index (κ3) is 4.75. The first-order chi connectivity index (χ1) is 13.0. The van der Waals surface area contributed by atoms with E-state index in [1.807, 2.05) is 30.3 Å². The van der Waals surface area contributed by atoms with Crippen LogP contribution in [-0.2, 0) is 11.2 Å². The molecule has 3 rings (SSSR count). The third-order valence-corrected chi connectivity index (χ3v) is 4.60. The Morgan fingerprint density at radius 1 is 1.22 bits per heavy atom. The fraction of sp³-hybridized carbons (Fsp3) is 0.350. The van der Waals surface area contributed by atoms with Crippen LogP contribution in [-0.4, -0.2) is 59.5 Å². The van der Waals surface area contributed by atoms with Crippen molar-refractivity contribution in [2.24, 2.45) is 0 Å². The van der Waals surface area contributed by atoms with Crippen molar-refractivity contribution in [2.45, 2.75) is 19.4 Å². The predicted molar refractivity (Wildman–Crippen MR) is 103 cm³/mol. The topological polar surface area (TPSA) is 74.8 Å². The number of amides is 3. The van der Waals surface area contributed by atoms with Crippen LogP contribution in [0.2, 0.25) is 0 Å².